The van der Waals surface area contributed by atoms with Crippen molar-refractivity contribution in [3.63, 3.8) is 0 Å². The zero-order valence-electron chi connectivity index (χ0n) is 10.7. The molecule has 100 valence electrons. The van der Waals surface area contributed by atoms with Gasteiger partial charge < -0.3 is 10.1 Å². The number of nitrogens with zero attached hydrogens (tertiary/aromatic N) is 2. The fourth-order valence-corrected chi connectivity index (χ4v) is 1.36. The quantitative estimate of drug-likeness (QED) is 0.471. The van der Waals surface area contributed by atoms with Crippen molar-refractivity contribution in [3.8, 4) is 11.8 Å². The molecule has 6 heteroatoms. The summed E-state index contributed by atoms with van der Waals surface area (Å²) in [5.74, 6) is 0.659. The number of benzene rings is 1. The van der Waals surface area contributed by atoms with Gasteiger partial charge in [0.2, 0.25) is 0 Å². The van der Waals surface area contributed by atoms with E-state index < -0.39 is 0 Å². The summed E-state index contributed by atoms with van der Waals surface area (Å²) in [5, 5.41) is 15.9. The molecule has 0 aliphatic heterocycles. The summed E-state index contributed by atoms with van der Waals surface area (Å²) in [6.07, 6.45) is 2.67. The first kappa shape index (κ1) is 14.9. The highest BCUT2D eigenvalue weighted by molar-refractivity contribution is 7.80. The average molecular weight is 276 g/mol. The Hall–Kier alpha value is -2.13. The van der Waals surface area contributed by atoms with Crippen molar-refractivity contribution in [2.24, 2.45) is 5.10 Å². The van der Waals surface area contributed by atoms with Gasteiger partial charge in [0.25, 0.3) is 0 Å². The van der Waals surface area contributed by atoms with E-state index in [1.165, 1.54) is 0 Å². The fourth-order valence-electron chi connectivity index (χ4n) is 1.21. The van der Waals surface area contributed by atoms with Crippen LogP contribution in [0, 0.1) is 11.3 Å². The van der Waals surface area contributed by atoms with Gasteiger partial charge >= 0.3 is 0 Å². The van der Waals surface area contributed by atoms with Gasteiger partial charge in [0, 0.05) is 6.54 Å². The zero-order chi connectivity index (χ0) is 13.9. The van der Waals surface area contributed by atoms with Crippen LogP contribution in [0.3, 0.4) is 0 Å². The van der Waals surface area contributed by atoms with Crippen LogP contribution in [0.15, 0.2) is 29.4 Å². The molecule has 0 saturated carbocycles. The van der Waals surface area contributed by atoms with E-state index in [1.807, 2.05) is 18.2 Å². The highest BCUT2D eigenvalue weighted by atomic mass is 32.1. The first-order valence-corrected chi connectivity index (χ1v) is 6.33. The van der Waals surface area contributed by atoms with Gasteiger partial charge in [-0.25, -0.2) is 0 Å². The lowest BCUT2D eigenvalue weighted by Crippen LogP contribution is -2.32. The van der Waals surface area contributed by atoms with Crippen molar-refractivity contribution < 1.29 is 4.74 Å². The van der Waals surface area contributed by atoms with E-state index in [1.54, 1.807) is 18.3 Å². The topological polar surface area (TPSA) is 69.4 Å². The molecule has 0 atom stereocenters. The first-order chi connectivity index (χ1) is 9.26. The molecule has 0 aliphatic carbocycles. The summed E-state index contributed by atoms with van der Waals surface area (Å²) >= 11 is 5.02. The van der Waals surface area contributed by atoms with E-state index in [-0.39, 0.29) is 6.61 Å². The summed E-state index contributed by atoms with van der Waals surface area (Å²) in [5.41, 5.74) is 3.64. The molecule has 0 aromatic heterocycles. The maximum Gasteiger partial charge on any atom is 0.186 e. The third-order valence-corrected chi connectivity index (χ3v) is 2.33. The number of hydrogen-bond donors (Lipinski definition) is 2. The van der Waals surface area contributed by atoms with Crippen LogP contribution in [-0.2, 0) is 0 Å². The normalized spacial score (nSPS) is 9.89. The SMILES string of the molecule is CCCNC(=S)N/N=C\c1ccc(OCC#N)cc1. The van der Waals surface area contributed by atoms with Gasteiger partial charge in [-0.05, 0) is 48.5 Å². The monoisotopic (exact) mass is 276 g/mol. The van der Waals surface area contributed by atoms with Crippen LogP contribution in [0.4, 0.5) is 0 Å². The van der Waals surface area contributed by atoms with Crippen LogP contribution in [0.1, 0.15) is 18.9 Å². The Balaban J connectivity index is 2.40. The highest BCUT2D eigenvalue weighted by Gasteiger charge is 1.93. The molecular formula is C13H16N4OS. The second kappa shape index (κ2) is 8.89. The first-order valence-electron chi connectivity index (χ1n) is 5.93. The lowest BCUT2D eigenvalue weighted by atomic mass is 10.2. The fraction of sp³-hybridized carbons (Fsp3) is 0.308. The van der Waals surface area contributed by atoms with Crippen LogP contribution in [0.5, 0.6) is 5.75 Å². The standard InChI is InChI=1S/C13H16N4OS/c1-2-8-15-13(19)17-16-10-11-3-5-12(6-4-11)18-9-7-14/h3-6,10H,2,8-9H2,1H3,(H2,15,17,19)/b16-10-. The number of ether oxygens (including phenoxy) is 1. The Morgan fingerprint density at radius 1 is 1.47 bits per heavy atom. The summed E-state index contributed by atoms with van der Waals surface area (Å²) in [6.45, 7) is 2.94. The van der Waals surface area contributed by atoms with Gasteiger partial charge in [-0.3, -0.25) is 5.43 Å². The maximum absolute atomic E-state index is 8.39. The molecule has 1 aromatic carbocycles. The van der Waals surface area contributed by atoms with Crippen molar-refractivity contribution >= 4 is 23.5 Å². The van der Waals surface area contributed by atoms with Crippen molar-refractivity contribution in [1.82, 2.24) is 10.7 Å². The molecular weight excluding hydrogens is 260 g/mol. The Kier molecular flexibility index (Phi) is 6.98. The van der Waals surface area contributed by atoms with E-state index in [4.69, 9.17) is 22.2 Å². The predicted molar refractivity (Wildman–Crippen MR) is 79.2 cm³/mol. The van der Waals surface area contributed by atoms with E-state index in [0.717, 1.165) is 18.5 Å². The molecule has 0 amide bonds. The van der Waals surface area contributed by atoms with E-state index in [0.29, 0.717) is 10.9 Å². The highest BCUT2D eigenvalue weighted by Crippen LogP contribution is 2.10. The Morgan fingerprint density at radius 3 is 2.84 bits per heavy atom. The van der Waals surface area contributed by atoms with E-state index in [2.05, 4.69) is 22.8 Å². The van der Waals surface area contributed by atoms with Crippen molar-refractivity contribution in [3.05, 3.63) is 29.8 Å². The average Bonchev–Trinajstić information content (AvgIpc) is 2.44. The van der Waals surface area contributed by atoms with E-state index in [9.17, 15) is 0 Å². The molecule has 1 rings (SSSR count). The third-order valence-electron chi connectivity index (χ3n) is 2.10. The minimum absolute atomic E-state index is 0.0480. The van der Waals surface area contributed by atoms with Gasteiger partial charge in [-0.2, -0.15) is 10.4 Å². The van der Waals surface area contributed by atoms with Gasteiger partial charge in [-0.1, -0.05) is 6.92 Å². The summed E-state index contributed by atoms with van der Waals surface area (Å²) < 4.78 is 5.15. The number of nitriles is 1. The number of thiocarbonyl (C=S) groups is 1. The third kappa shape index (κ3) is 6.38. The smallest absolute Gasteiger partial charge is 0.186 e. The van der Waals surface area contributed by atoms with Crippen molar-refractivity contribution in [2.45, 2.75) is 13.3 Å². The molecule has 0 unspecified atom stereocenters. The van der Waals surface area contributed by atoms with Gasteiger partial charge in [0.15, 0.2) is 11.7 Å². The number of hydrogen-bond acceptors (Lipinski definition) is 4. The number of rotatable bonds is 6. The molecule has 0 radical (unpaired) electrons. The molecule has 0 saturated heterocycles. The minimum atomic E-state index is 0.0480. The van der Waals surface area contributed by atoms with Crippen LogP contribution >= 0.6 is 12.2 Å². The zero-order valence-corrected chi connectivity index (χ0v) is 11.5. The van der Waals surface area contributed by atoms with Crippen molar-refractivity contribution in [2.75, 3.05) is 13.2 Å². The second-order valence-electron chi connectivity index (χ2n) is 3.64. The Labute approximate surface area is 118 Å². The summed E-state index contributed by atoms with van der Waals surface area (Å²) in [7, 11) is 0. The minimum Gasteiger partial charge on any atom is -0.479 e. The lowest BCUT2D eigenvalue weighted by Gasteiger charge is -2.04. The number of hydrazone groups is 1. The molecule has 0 aliphatic rings. The summed E-state index contributed by atoms with van der Waals surface area (Å²) in [4.78, 5) is 0. The van der Waals surface area contributed by atoms with Crippen molar-refractivity contribution in [1.29, 1.82) is 5.26 Å². The maximum atomic E-state index is 8.39. The molecule has 0 fully saturated rings. The molecule has 0 bridgehead atoms. The molecule has 1 aromatic rings. The van der Waals surface area contributed by atoms with Gasteiger partial charge in [-0.15, -0.1) is 0 Å². The molecule has 0 spiro atoms. The van der Waals surface area contributed by atoms with Crippen LogP contribution in [-0.4, -0.2) is 24.5 Å². The molecule has 0 heterocycles. The second-order valence-corrected chi connectivity index (χ2v) is 4.05. The van der Waals surface area contributed by atoms with Gasteiger partial charge in [0.1, 0.15) is 11.8 Å². The largest absolute Gasteiger partial charge is 0.479 e. The van der Waals surface area contributed by atoms with E-state index >= 15 is 0 Å². The Bertz CT molecular complexity index is 465. The number of nitrogens with one attached hydrogen (secondary N) is 2. The molecule has 19 heavy (non-hydrogen) atoms. The Morgan fingerprint density at radius 2 is 2.21 bits per heavy atom. The molecule has 2 N–H and O–H groups in total. The molecule has 5 nitrogen and oxygen atoms in total. The lowest BCUT2D eigenvalue weighted by molar-refractivity contribution is 0.368. The van der Waals surface area contributed by atoms with Gasteiger partial charge in [0.05, 0.1) is 6.21 Å². The van der Waals surface area contributed by atoms with Crippen LogP contribution in [0.2, 0.25) is 0 Å². The van der Waals surface area contributed by atoms with Crippen LogP contribution in [0.25, 0.3) is 0 Å². The van der Waals surface area contributed by atoms with Crippen LogP contribution < -0.4 is 15.5 Å². The summed E-state index contributed by atoms with van der Waals surface area (Å²) in [6, 6.07) is 9.18. The predicted octanol–water partition coefficient (Wildman–Crippen LogP) is 1.80.